The SMILES string of the molecule is N[C@@H]1c2cccnc2[C@H](CC(=O)c2cnc3c(c2)C[C@@]2(C3)C(=O)Nc3ncccc32)CC[C@H]1c1cccc(F)c1F. The average molecular weight is 552 g/mol. The minimum absolute atomic E-state index is 0.0928. The second-order valence-electron chi connectivity index (χ2n) is 11.3. The Morgan fingerprint density at radius 1 is 1.00 bits per heavy atom. The molecule has 0 saturated carbocycles. The number of rotatable bonds is 4. The van der Waals surface area contributed by atoms with Crippen LogP contribution in [0.15, 0.2) is 67.1 Å². The van der Waals surface area contributed by atoms with Crippen molar-refractivity contribution in [3.8, 4) is 0 Å². The number of benzene rings is 1. The molecular weight excluding hydrogens is 524 g/mol. The Labute approximate surface area is 235 Å². The zero-order chi connectivity index (χ0) is 28.3. The van der Waals surface area contributed by atoms with Crippen LogP contribution in [0.25, 0.3) is 0 Å². The Morgan fingerprint density at radius 3 is 2.68 bits per heavy atom. The van der Waals surface area contributed by atoms with E-state index >= 15 is 0 Å². The number of halogens is 2. The maximum Gasteiger partial charge on any atom is 0.237 e. The standard InChI is InChI=1S/C32H27F2N5O2/c33-24-7-1-4-20(27(24)34)21-9-8-17(29-22(28(21)35)5-2-10-36-29)13-26(40)19-12-18-14-32(15-25(18)38-16-19)23-6-3-11-37-30(23)39-31(32)41/h1-7,10-12,16-17,21,28H,8-9,13-15,35H2,(H,37,39,41)/t17-,21-,28-,32-/m0/s1. The third-order valence-electron chi connectivity index (χ3n) is 9.02. The van der Waals surface area contributed by atoms with E-state index in [0.29, 0.717) is 42.8 Å². The molecule has 0 bridgehead atoms. The molecule has 0 radical (unpaired) electrons. The number of pyridine rings is 3. The number of hydrogen-bond acceptors (Lipinski definition) is 6. The first-order chi connectivity index (χ1) is 19.9. The lowest BCUT2D eigenvalue weighted by Gasteiger charge is -2.23. The topological polar surface area (TPSA) is 111 Å². The number of anilines is 1. The number of amides is 1. The highest BCUT2D eigenvalue weighted by Crippen LogP contribution is 2.47. The van der Waals surface area contributed by atoms with Gasteiger partial charge in [0.2, 0.25) is 5.91 Å². The lowest BCUT2D eigenvalue weighted by molar-refractivity contribution is -0.120. The van der Waals surface area contributed by atoms with Crippen molar-refractivity contribution in [1.29, 1.82) is 0 Å². The van der Waals surface area contributed by atoms with E-state index in [1.54, 1.807) is 30.7 Å². The molecule has 2 aliphatic carbocycles. The quantitative estimate of drug-likeness (QED) is 0.271. The number of carbonyl (C=O) groups excluding carboxylic acids is 2. The molecule has 0 saturated heterocycles. The van der Waals surface area contributed by atoms with Crippen molar-refractivity contribution in [2.45, 2.75) is 55.4 Å². The van der Waals surface area contributed by atoms with Crippen LogP contribution < -0.4 is 11.1 Å². The number of fused-ring (bicyclic) bond motifs is 4. The van der Waals surface area contributed by atoms with Crippen molar-refractivity contribution < 1.29 is 18.4 Å². The van der Waals surface area contributed by atoms with E-state index in [9.17, 15) is 18.4 Å². The summed E-state index contributed by atoms with van der Waals surface area (Å²) in [5.41, 5.74) is 10.6. The smallest absolute Gasteiger partial charge is 0.237 e. The van der Waals surface area contributed by atoms with Gasteiger partial charge in [0.15, 0.2) is 17.4 Å². The van der Waals surface area contributed by atoms with Gasteiger partial charge in [-0.15, -0.1) is 0 Å². The first-order valence-electron chi connectivity index (χ1n) is 13.8. The van der Waals surface area contributed by atoms with Gasteiger partial charge < -0.3 is 11.1 Å². The summed E-state index contributed by atoms with van der Waals surface area (Å²) < 4.78 is 28.9. The van der Waals surface area contributed by atoms with Crippen molar-refractivity contribution in [2.75, 3.05) is 5.32 Å². The fraction of sp³-hybridized carbons (Fsp3) is 0.281. The van der Waals surface area contributed by atoms with E-state index in [-0.39, 0.29) is 29.6 Å². The third-order valence-corrected chi connectivity index (χ3v) is 9.02. The van der Waals surface area contributed by atoms with Crippen LogP contribution in [0.2, 0.25) is 0 Å². The Kier molecular flexibility index (Phi) is 6.01. The Morgan fingerprint density at radius 2 is 1.80 bits per heavy atom. The summed E-state index contributed by atoms with van der Waals surface area (Å²) in [6.45, 7) is 0. The molecular formula is C32H27F2N5O2. The lowest BCUT2D eigenvalue weighted by Crippen LogP contribution is -2.35. The molecule has 41 heavy (non-hydrogen) atoms. The summed E-state index contributed by atoms with van der Waals surface area (Å²) in [5, 5.41) is 2.89. The van der Waals surface area contributed by atoms with E-state index in [0.717, 1.165) is 28.5 Å². The van der Waals surface area contributed by atoms with Gasteiger partial charge in [-0.1, -0.05) is 24.3 Å². The zero-order valence-corrected chi connectivity index (χ0v) is 22.1. The number of hydrogen-bond donors (Lipinski definition) is 2. The summed E-state index contributed by atoms with van der Waals surface area (Å²) in [7, 11) is 0. The highest BCUT2D eigenvalue weighted by Gasteiger charge is 2.51. The van der Waals surface area contributed by atoms with Gasteiger partial charge >= 0.3 is 0 Å². The molecule has 1 aromatic carbocycles. The second-order valence-corrected chi connectivity index (χ2v) is 11.3. The van der Waals surface area contributed by atoms with Gasteiger partial charge in [0, 0.05) is 71.8 Å². The molecule has 4 atom stereocenters. The van der Waals surface area contributed by atoms with Crippen LogP contribution in [0.5, 0.6) is 0 Å². The van der Waals surface area contributed by atoms with Crippen LogP contribution in [0.3, 0.4) is 0 Å². The summed E-state index contributed by atoms with van der Waals surface area (Å²) in [6.07, 6.45) is 7.00. The molecule has 0 unspecified atom stereocenters. The monoisotopic (exact) mass is 551 g/mol. The summed E-state index contributed by atoms with van der Waals surface area (Å²) in [5.74, 6) is -2.10. The largest absolute Gasteiger partial charge is 0.323 e. The van der Waals surface area contributed by atoms with Crippen molar-refractivity contribution in [3.63, 3.8) is 0 Å². The van der Waals surface area contributed by atoms with Crippen LogP contribution in [0.1, 0.15) is 81.1 Å². The molecule has 7 nitrogen and oxygen atoms in total. The lowest BCUT2D eigenvalue weighted by atomic mass is 9.80. The number of nitrogens with two attached hydrogens (primary N) is 1. The van der Waals surface area contributed by atoms with Gasteiger partial charge in [-0.2, -0.15) is 0 Å². The van der Waals surface area contributed by atoms with Crippen LogP contribution >= 0.6 is 0 Å². The molecule has 0 fully saturated rings. The number of nitrogens with zero attached hydrogens (tertiary/aromatic N) is 3. The van der Waals surface area contributed by atoms with Gasteiger partial charge in [-0.3, -0.25) is 19.6 Å². The summed E-state index contributed by atoms with van der Waals surface area (Å²) >= 11 is 0. The first-order valence-corrected chi connectivity index (χ1v) is 13.8. The van der Waals surface area contributed by atoms with Gasteiger partial charge in [0.05, 0.1) is 5.41 Å². The Bertz CT molecular complexity index is 1730. The van der Waals surface area contributed by atoms with Crippen LogP contribution in [0.4, 0.5) is 14.6 Å². The fourth-order valence-corrected chi connectivity index (χ4v) is 6.93. The van der Waals surface area contributed by atoms with E-state index < -0.39 is 29.0 Å². The van der Waals surface area contributed by atoms with Crippen molar-refractivity contribution >= 4 is 17.5 Å². The molecule has 4 heterocycles. The molecule has 1 aliphatic heterocycles. The Balaban J connectivity index is 1.15. The van der Waals surface area contributed by atoms with Gasteiger partial charge in [0.1, 0.15) is 5.82 Å². The van der Waals surface area contributed by atoms with Crippen molar-refractivity contribution in [1.82, 2.24) is 15.0 Å². The molecule has 1 amide bonds. The first kappa shape index (κ1) is 25.6. The Hall–Kier alpha value is -4.37. The highest BCUT2D eigenvalue weighted by atomic mass is 19.2. The predicted octanol–water partition coefficient (Wildman–Crippen LogP) is 5.07. The van der Waals surface area contributed by atoms with E-state index in [1.165, 1.54) is 6.07 Å². The molecule has 4 aromatic rings. The molecule has 3 aromatic heterocycles. The van der Waals surface area contributed by atoms with Crippen LogP contribution in [-0.4, -0.2) is 26.6 Å². The maximum atomic E-state index is 14.8. The average Bonchev–Trinajstić information content (AvgIpc) is 3.46. The molecule has 9 heteroatoms. The van der Waals surface area contributed by atoms with Crippen LogP contribution in [0, 0.1) is 11.6 Å². The normalized spacial score (nSPS) is 24.4. The third kappa shape index (κ3) is 4.06. The minimum Gasteiger partial charge on any atom is -0.323 e. The van der Waals surface area contributed by atoms with E-state index in [4.69, 9.17) is 5.73 Å². The second kappa shape index (κ2) is 9.62. The molecule has 1 spiro atoms. The van der Waals surface area contributed by atoms with Crippen LogP contribution in [-0.2, 0) is 23.1 Å². The molecule has 206 valence electrons. The zero-order valence-electron chi connectivity index (χ0n) is 22.1. The number of carbonyl (C=O) groups is 2. The van der Waals surface area contributed by atoms with Crippen molar-refractivity contribution in [3.05, 3.63) is 118 Å². The number of Topliss-reactive ketones (excluding diaryl/α,β-unsaturated/α-hetero) is 1. The maximum absolute atomic E-state index is 14.8. The van der Waals surface area contributed by atoms with E-state index in [1.807, 2.05) is 24.3 Å². The summed E-state index contributed by atoms with van der Waals surface area (Å²) in [4.78, 5) is 40.2. The van der Waals surface area contributed by atoms with Gasteiger partial charge in [0.25, 0.3) is 0 Å². The predicted molar refractivity (Wildman–Crippen MR) is 147 cm³/mol. The molecule has 7 rings (SSSR count). The molecule has 3 aliphatic rings. The van der Waals surface area contributed by atoms with Gasteiger partial charge in [-0.25, -0.2) is 13.8 Å². The molecule has 3 N–H and O–H groups in total. The number of ketones is 1. The minimum atomic E-state index is -0.905. The van der Waals surface area contributed by atoms with E-state index in [2.05, 4.69) is 20.3 Å². The van der Waals surface area contributed by atoms with Crippen molar-refractivity contribution in [2.24, 2.45) is 5.73 Å². The number of aromatic nitrogens is 3. The fourth-order valence-electron chi connectivity index (χ4n) is 6.93. The summed E-state index contributed by atoms with van der Waals surface area (Å²) in [6, 6.07) is 12.8. The number of nitrogens with one attached hydrogen (secondary N) is 1. The highest BCUT2D eigenvalue weighted by molar-refractivity contribution is 6.06. The van der Waals surface area contributed by atoms with Gasteiger partial charge in [-0.05, 0) is 60.2 Å².